The molecular formula is C15H21F2NO. The Morgan fingerprint density at radius 3 is 2.53 bits per heavy atom. The van der Waals surface area contributed by atoms with E-state index in [2.05, 4.69) is 23.9 Å². The van der Waals surface area contributed by atoms with Crippen LogP contribution in [0.1, 0.15) is 38.2 Å². The van der Waals surface area contributed by atoms with Gasteiger partial charge in [0.25, 0.3) is 0 Å². The lowest BCUT2D eigenvalue weighted by atomic mass is 9.87. The van der Waals surface area contributed by atoms with Crippen LogP contribution in [0.15, 0.2) is 24.3 Å². The average Bonchev–Trinajstić information content (AvgIpc) is 2.76. The molecule has 0 radical (unpaired) electrons. The van der Waals surface area contributed by atoms with Gasteiger partial charge in [-0.1, -0.05) is 26.0 Å². The third-order valence-electron chi connectivity index (χ3n) is 3.61. The van der Waals surface area contributed by atoms with Crippen LogP contribution in [0.25, 0.3) is 0 Å². The van der Waals surface area contributed by atoms with E-state index in [4.69, 9.17) is 0 Å². The summed E-state index contributed by atoms with van der Waals surface area (Å²) in [6.45, 7) is 2.71. The lowest BCUT2D eigenvalue weighted by Gasteiger charge is -2.22. The van der Waals surface area contributed by atoms with E-state index in [1.165, 1.54) is 5.56 Å². The average molecular weight is 269 g/mol. The first-order valence-corrected chi connectivity index (χ1v) is 6.84. The van der Waals surface area contributed by atoms with E-state index in [9.17, 15) is 8.78 Å². The summed E-state index contributed by atoms with van der Waals surface area (Å²) in [5.74, 6) is 1.35. The van der Waals surface area contributed by atoms with Gasteiger partial charge in [-0.15, -0.1) is 0 Å². The van der Waals surface area contributed by atoms with Crippen LogP contribution in [0.3, 0.4) is 0 Å². The van der Waals surface area contributed by atoms with Gasteiger partial charge in [-0.2, -0.15) is 8.78 Å². The second kappa shape index (κ2) is 6.33. The quantitative estimate of drug-likeness (QED) is 0.878. The van der Waals surface area contributed by atoms with E-state index in [1.54, 1.807) is 12.1 Å². The van der Waals surface area contributed by atoms with Gasteiger partial charge in [-0.3, -0.25) is 0 Å². The van der Waals surface area contributed by atoms with E-state index in [-0.39, 0.29) is 5.75 Å². The maximum Gasteiger partial charge on any atom is 0.387 e. The molecule has 2 unspecified atom stereocenters. The highest BCUT2D eigenvalue weighted by molar-refractivity contribution is 5.31. The second-order valence-corrected chi connectivity index (χ2v) is 5.53. The monoisotopic (exact) mass is 269 g/mol. The largest absolute Gasteiger partial charge is 0.435 e. The summed E-state index contributed by atoms with van der Waals surface area (Å²) in [5, 5.41) is 3.53. The number of benzene rings is 1. The standard InChI is InChI=1S/C15H21F2NO/c1-10(2)9-14-13(7-8-18-14)11-3-5-12(6-4-11)19-15(16)17/h3-6,10,13-15,18H,7-9H2,1-2H3. The van der Waals surface area contributed by atoms with E-state index in [0.717, 1.165) is 19.4 Å². The summed E-state index contributed by atoms with van der Waals surface area (Å²) in [4.78, 5) is 0. The van der Waals surface area contributed by atoms with Crippen molar-refractivity contribution in [3.05, 3.63) is 29.8 Å². The Balaban J connectivity index is 2.04. The lowest BCUT2D eigenvalue weighted by molar-refractivity contribution is -0.0498. The zero-order chi connectivity index (χ0) is 13.8. The third kappa shape index (κ3) is 3.90. The Bertz CT molecular complexity index is 392. The summed E-state index contributed by atoms with van der Waals surface area (Å²) in [6, 6.07) is 7.56. The maximum atomic E-state index is 12.1. The molecule has 0 amide bonds. The van der Waals surface area contributed by atoms with E-state index >= 15 is 0 Å². The number of nitrogens with one attached hydrogen (secondary N) is 1. The molecule has 1 heterocycles. The molecular weight excluding hydrogens is 248 g/mol. The van der Waals surface area contributed by atoms with Crippen LogP contribution in [0.5, 0.6) is 5.75 Å². The van der Waals surface area contributed by atoms with E-state index in [1.807, 2.05) is 12.1 Å². The number of rotatable bonds is 5. The first kappa shape index (κ1) is 14.3. The van der Waals surface area contributed by atoms with Gasteiger partial charge in [0.05, 0.1) is 0 Å². The molecule has 1 N–H and O–H groups in total. The number of hydrogen-bond donors (Lipinski definition) is 1. The highest BCUT2D eigenvalue weighted by Crippen LogP contribution is 2.32. The third-order valence-corrected chi connectivity index (χ3v) is 3.61. The van der Waals surface area contributed by atoms with Crippen molar-refractivity contribution in [1.29, 1.82) is 0 Å². The first-order chi connectivity index (χ1) is 9.06. The maximum absolute atomic E-state index is 12.1. The molecule has 106 valence electrons. The molecule has 2 nitrogen and oxygen atoms in total. The van der Waals surface area contributed by atoms with Crippen molar-refractivity contribution in [1.82, 2.24) is 5.32 Å². The van der Waals surface area contributed by atoms with Crippen LogP contribution in [0.2, 0.25) is 0 Å². The van der Waals surface area contributed by atoms with Crippen LogP contribution in [0, 0.1) is 5.92 Å². The Labute approximate surface area is 113 Å². The highest BCUT2D eigenvalue weighted by Gasteiger charge is 2.28. The van der Waals surface area contributed by atoms with Crippen molar-refractivity contribution in [3.8, 4) is 5.75 Å². The minimum Gasteiger partial charge on any atom is -0.435 e. The fraction of sp³-hybridized carbons (Fsp3) is 0.600. The molecule has 4 heteroatoms. The van der Waals surface area contributed by atoms with Crippen LogP contribution in [-0.2, 0) is 0 Å². The van der Waals surface area contributed by atoms with Crippen LogP contribution in [-0.4, -0.2) is 19.2 Å². The first-order valence-electron chi connectivity index (χ1n) is 6.84. The fourth-order valence-electron chi connectivity index (χ4n) is 2.82. The van der Waals surface area contributed by atoms with Crippen molar-refractivity contribution < 1.29 is 13.5 Å². The summed E-state index contributed by atoms with van der Waals surface area (Å²) >= 11 is 0. The number of ether oxygens (including phenoxy) is 1. The van der Waals surface area contributed by atoms with Crippen molar-refractivity contribution >= 4 is 0 Å². The number of alkyl halides is 2. The van der Waals surface area contributed by atoms with Gasteiger partial charge < -0.3 is 10.1 Å². The SMILES string of the molecule is CC(C)CC1NCCC1c1ccc(OC(F)F)cc1. The van der Waals surface area contributed by atoms with Gasteiger partial charge in [-0.05, 0) is 43.0 Å². The van der Waals surface area contributed by atoms with Crippen molar-refractivity contribution in [3.63, 3.8) is 0 Å². The minimum atomic E-state index is -2.76. The molecule has 0 spiro atoms. The Kier molecular flexibility index (Phi) is 4.75. The molecule has 0 aromatic heterocycles. The van der Waals surface area contributed by atoms with Gasteiger partial charge in [0.2, 0.25) is 0 Å². The van der Waals surface area contributed by atoms with Gasteiger partial charge in [-0.25, -0.2) is 0 Å². The summed E-state index contributed by atoms with van der Waals surface area (Å²) < 4.78 is 28.6. The predicted octanol–water partition coefficient (Wildman–Crippen LogP) is 3.78. The van der Waals surface area contributed by atoms with E-state index < -0.39 is 6.61 Å². The molecule has 2 atom stereocenters. The van der Waals surface area contributed by atoms with Crippen molar-refractivity contribution in [2.45, 2.75) is 45.3 Å². The Morgan fingerprint density at radius 1 is 1.26 bits per heavy atom. The Hall–Kier alpha value is -1.16. The number of halogens is 2. The fourth-order valence-corrected chi connectivity index (χ4v) is 2.82. The smallest absolute Gasteiger partial charge is 0.387 e. The molecule has 1 saturated heterocycles. The molecule has 1 aliphatic heterocycles. The van der Waals surface area contributed by atoms with Crippen molar-refractivity contribution in [2.24, 2.45) is 5.92 Å². The van der Waals surface area contributed by atoms with E-state index in [0.29, 0.717) is 17.9 Å². The normalized spacial score (nSPS) is 23.3. The van der Waals surface area contributed by atoms with Crippen LogP contribution < -0.4 is 10.1 Å². The Morgan fingerprint density at radius 2 is 1.95 bits per heavy atom. The molecule has 0 bridgehead atoms. The number of hydrogen-bond acceptors (Lipinski definition) is 2. The van der Waals surface area contributed by atoms with Gasteiger partial charge in [0.1, 0.15) is 5.75 Å². The zero-order valence-corrected chi connectivity index (χ0v) is 11.4. The predicted molar refractivity (Wildman–Crippen MR) is 71.7 cm³/mol. The molecule has 1 fully saturated rings. The molecule has 1 aliphatic rings. The lowest BCUT2D eigenvalue weighted by Crippen LogP contribution is -2.27. The minimum absolute atomic E-state index is 0.227. The summed E-state index contributed by atoms with van der Waals surface area (Å²) in [6.07, 6.45) is 2.24. The summed E-state index contributed by atoms with van der Waals surface area (Å²) in [5.41, 5.74) is 1.21. The second-order valence-electron chi connectivity index (χ2n) is 5.53. The van der Waals surface area contributed by atoms with Crippen LogP contribution in [0.4, 0.5) is 8.78 Å². The topological polar surface area (TPSA) is 21.3 Å². The molecule has 0 saturated carbocycles. The van der Waals surface area contributed by atoms with Gasteiger partial charge >= 0.3 is 6.61 Å². The molecule has 0 aliphatic carbocycles. The molecule has 19 heavy (non-hydrogen) atoms. The van der Waals surface area contributed by atoms with Gasteiger partial charge in [0.15, 0.2) is 0 Å². The van der Waals surface area contributed by atoms with Crippen LogP contribution >= 0.6 is 0 Å². The molecule has 1 aromatic rings. The zero-order valence-electron chi connectivity index (χ0n) is 11.4. The summed E-state index contributed by atoms with van der Waals surface area (Å²) in [7, 11) is 0. The van der Waals surface area contributed by atoms with Crippen molar-refractivity contribution in [2.75, 3.05) is 6.54 Å². The van der Waals surface area contributed by atoms with Gasteiger partial charge in [0, 0.05) is 12.0 Å². The highest BCUT2D eigenvalue weighted by atomic mass is 19.3. The molecule has 2 rings (SSSR count). The molecule has 1 aromatic carbocycles.